The van der Waals surface area contributed by atoms with Crippen molar-refractivity contribution < 1.29 is 9.50 Å². The van der Waals surface area contributed by atoms with Gasteiger partial charge in [-0.1, -0.05) is 17.8 Å². The topological polar surface area (TPSA) is 20.2 Å². The molecule has 0 spiro atoms. The minimum absolute atomic E-state index is 0.273. The number of hydrogen-bond donors (Lipinski definition) is 1. The first-order chi connectivity index (χ1) is 9.38. The molecule has 1 nitrogen and oxygen atoms in total. The molecule has 0 aromatic heterocycles. The third kappa shape index (κ3) is 3.22. The fourth-order valence-electron chi connectivity index (χ4n) is 1.99. The summed E-state index contributed by atoms with van der Waals surface area (Å²) >= 11 is 1.56. The molecular weight excluding hydrogens is 271 g/mol. The van der Waals surface area contributed by atoms with Crippen molar-refractivity contribution in [3.8, 4) is 0 Å². The molecule has 0 saturated heterocycles. The summed E-state index contributed by atoms with van der Waals surface area (Å²) in [7, 11) is 0. The highest BCUT2D eigenvalue weighted by molar-refractivity contribution is 7.99. The van der Waals surface area contributed by atoms with Gasteiger partial charge in [0, 0.05) is 9.79 Å². The van der Waals surface area contributed by atoms with E-state index in [1.165, 1.54) is 17.2 Å². The molecule has 0 amide bonds. The summed E-state index contributed by atoms with van der Waals surface area (Å²) in [4.78, 5) is 2.00. The van der Waals surface area contributed by atoms with E-state index in [0.717, 1.165) is 9.79 Å². The van der Waals surface area contributed by atoms with Crippen LogP contribution in [-0.4, -0.2) is 5.11 Å². The lowest BCUT2D eigenvalue weighted by atomic mass is 10.1. The monoisotopic (exact) mass is 290 g/mol. The number of rotatable bonds is 3. The van der Waals surface area contributed by atoms with Crippen molar-refractivity contribution in [1.82, 2.24) is 0 Å². The molecule has 2 aromatic carbocycles. The summed E-state index contributed by atoms with van der Waals surface area (Å²) < 4.78 is 13.7. The Labute approximate surface area is 123 Å². The number of aryl methyl sites for hydroxylation is 3. The number of aliphatic hydroxyl groups excluding tert-OH is 1. The highest BCUT2D eigenvalue weighted by Gasteiger charge is 2.13. The fourth-order valence-corrected chi connectivity index (χ4v) is 3.20. The third-order valence-corrected chi connectivity index (χ3v) is 4.51. The van der Waals surface area contributed by atoms with Crippen LogP contribution in [0.2, 0.25) is 0 Å². The lowest BCUT2D eigenvalue weighted by Gasteiger charge is -2.14. The quantitative estimate of drug-likeness (QED) is 0.862. The first-order valence-electron chi connectivity index (χ1n) is 6.61. The van der Waals surface area contributed by atoms with Gasteiger partial charge in [0.1, 0.15) is 5.82 Å². The van der Waals surface area contributed by atoms with Crippen LogP contribution in [0.15, 0.2) is 40.1 Å². The van der Waals surface area contributed by atoms with Crippen molar-refractivity contribution in [3.05, 3.63) is 58.4 Å². The van der Waals surface area contributed by atoms with Crippen LogP contribution in [-0.2, 0) is 0 Å². The van der Waals surface area contributed by atoms with Gasteiger partial charge in [-0.3, -0.25) is 0 Å². The van der Waals surface area contributed by atoms with E-state index < -0.39 is 6.10 Å². The summed E-state index contributed by atoms with van der Waals surface area (Å²) in [5.74, 6) is -0.273. The predicted molar refractivity (Wildman–Crippen MR) is 81.8 cm³/mol. The Morgan fingerprint density at radius 2 is 1.70 bits per heavy atom. The zero-order chi connectivity index (χ0) is 14.9. The average molecular weight is 290 g/mol. The fraction of sp³-hybridized carbons (Fsp3) is 0.294. The smallest absolute Gasteiger partial charge is 0.126 e. The van der Waals surface area contributed by atoms with E-state index in [2.05, 4.69) is 32.0 Å². The molecule has 106 valence electrons. The Bertz CT molecular complexity index is 635. The third-order valence-electron chi connectivity index (χ3n) is 3.45. The number of aliphatic hydroxyl groups is 1. The van der Waals surface area contributed by atoms with Crippen molar-refractivity contribution in [2.45, 2.75) is 43.6 Å². The standard InChI is InChI=1S/C17H19FOS/c1-10-5-6-14(7-11(10)2)20-17-8-12(3)16(18)9-15(17)13(4)19/h5-9,13,19H,1-4H3/t13-/m1/s1. The maximum Gasteiger partial charge on any atom is 0.126 e. The molecule has 0 bridgehead atoms. The minimum Gasteiger partial charge on any atom is -0.389 e. The molecule has 0 aliphatic carbocycles. The SMILES string of the molecule is Cc1ccc(Sc2cc(C)c(F)cc2[C@@H](C)O)cc1C. The van der Waals surface area contributed by atoms with Crippen molar-refractivity contribution in [2.24, 2.45) is 0 Å². The number of hydrogen-bond acceptors (Lipinski definition) is 2. The van der Waals surface area contributed by atoms with Crippen LogP contribution in [0.1, 0.15) is 35.3 Å². The van der Waals surface area contributed by atoms with Gasteiger partial charge in [-0.2, -0.15) is 0 Å². The number of halogens is 1. The molecule has 3 heteroatoms. The molecule has 0 unspecified atom stereocenters. The molecule has 2 aromatic rings. The van der Waals surface area contributed by atoms with Gasteiger partial charge in [0.25, 0.3) is 0 Å². The molecule has 1 N–H and O–H groups in total. The van der Waals surface area contributed by atoms with Crippen molar-refractivity contribution >= 4 is 11.8 Å². The van der Waals surface area contributed by atoms with Crippen LogP contribution < -0.4 is 0 Å². The van der Waals surface area contributed by atoms with E-state index in [-0.39, 0.29) is 5.82 Å². The van der Waals surface area contributed by atoms with E-state index in [9.17, 15) is 9.50 Å². The molecule has 0 aliphatic heterocycles. The van der Waals surface area contributed by atoms with Gasteiger partial charge >= 0.3 is 0 Å². The molecule has 1 atom stereocenters. The van der Waals surface area contributed by atoms with Crippen LogP contribution in [0, 0.1) is 26.6 Å². The van der Waals surface area contributed by atoms with E-state index in [1.807, 2.05) is 0 Å². The second-order valence-corrected chi connectivity index (χ2v) is 6.28. The zero-order valence-corrected chi connectivity index (χ0v) is 13.0. The summed E-state index contributed by atoms with van der Waals surface area (Å²) in [5, 5.41) is 9.82. The van der Waals surface area contributed by atoms with Crippen LogP contribution in [0.25, 0.3) is 0 Å². The molecule has 2 rings (SSSR count). The Kier molecular flexibility index (Phi) is 4.51. The summed E-state index contributed by atoms with van der Waals surface area (Å²) in [6.07, 6.45) is -0.681. The molecule has 20 heavy (non-hydrogen) atoms. The maximum absolute atomic E-state index is 13.7. The van der Waals surface area contributed by atoms with E-state index in [1.54, 1.807) is 31.7 Å². The van der Waals surface area contributed by atoms with Crippen molar-refractivity contribution in [3.63, 3.8) is 0 Å². The Hall–Kier alpha value is -1.32. The van der Waals surface area contributed by atoms with Gasteiger partial charge in [0.15, 0.2) is 0 Å². The largest absolute Gasteiger partial charge is 0.389 e. The van der Waals surface area contributed by atoms with E-state index in [4.69, 9.17) is 0 Å². The van der Waals surface area contributed by atoms with Crippen molar-refractivity contribution in [1.29, 1.82) is 0 Å². The van der Waals surface area contributed by atoms with E-state index >= 15 is 0 Å². The van der Waals surface area contributed by atoms with Gasteiger partial charge < -0.3 is 5.11 Å². The summed E-state index contributed by atoms with van der Waals surface area (Å²) in [5.41, 5.74) is 3.71. The molecule has 0 aliphatic rings. The van der Waals surface area contributed by atoms with Crippen molar-refractivity contribution in [2.75, 3.05) is 0 Å². The minimum atomic E-state index is -0.681. The normalized spacial score (nSPS) is 12.5. The molecule has 0 heterocycles. The highest BCUT2D eigenvalue weighted by Crippen LogP contribution is 2.35. The second kappa shape index (κ2) is 5.98. The van der Waals surface area contributed by atoms with Crippen LogP contribution in [0.3, 0.4) is 0 Å². The molecule has 0 radical (unpaired) electrons. The van der Waals surface area contributed by atoms with Crippen LogP contribution in [0.5, 0.6) is 0 Å². The van der Waals surface area contributed by atoms with Gasteiger partial charge in [-0.25, -0.2) is 4.39 Å². The Morgan fingerprint density at radius 3 is 2.30 bits per heavy atom. The lowest BCUT2D eigenvalue weighted by molar-refractivity contribution is 0.196. The van der Waals surface area contributed by atoms with Gasteiger partial charge in [0.2, 0.25) is 0 Å². The Morgan fingerprint density at radius 1 is 1.00 bits per heavy atom. The van der Waals surface area contributed by atoms with Gasteiger partial charge in [-0.05, 0) is 74.2 Å². The first-order valence-corrected chi connectivity index (χ1v) is 7.43. The zero-order valence-electron chi connectivity index (χ0n) is 12.2. The van der Waals surface area contributed by atoms with Crippen LogP contribution >= 0.6 is 11.8 Å². The first kappa shape index (κ1) is 15.1. The molecule has 0 saturated carbocycles. The predicted octanol–water partition coefficient (Wildman–Crippen LogP) is 4.96. The Balaban J connectivity index is 2.41. The van der Waals surface area contributed by atoms with Crippen LogP contribution in [0.4, 0.5) is 4.39 Å². The highest BCUT2D eigenvalue weighted by atomic mass is 32.2. The summed E-state index contributed by atoms with van der Waals surface area (Å²) in [6, 6.07) is 9.48. The molecule has 0 fully saturated rings. The van der Waals surface area contributed by atoms with E-state index in [0.29, 0.717) is 11.1 Å². The maximum atomic E-state index is 13.7. The number of benzene rings is 2. The average Bonchev–Trinajstić information content (AvgIpc) is 2.37. The molecular formula is C17H19FOS. The second-order valence-electron chi connectivity index (χ2n) is 5.16. The van der Waals surface area contributed by atoms with Gasteiger partial charge in [-0.15, -0.1) is 0 Å². The van der Waals surface area contributed by atoms with Gasteiger partial charge in [0.05, 0.1) is 6.10 Å². The summed E-state index contributed by atoms with van der Waals surface area (Å²) in [6.45, 7) is 7.55. The lowest BCUT2D eigenvalue weighted by Crippen LogP contribution is -1.97.